The van der Waals surface area contributed by atoms with Crippen LogP contribution in [0, 0.1) is 0 Å². The van der Waals surface area contributed by atoms with Crippen LogP contribution in [0.5, 0.6) is 5.88 Å². The van der Waals surface area contributed by atoms with Gasteiger partial charge in [-0.3, -0.25) is 0 Å². The van der Waals surface area contributed by atoms with E-state index in [0.717, 1.165) is 45.4 Å². The third kappa shape index (κ3) is 1.88. The third-order valence-corrected chi connectivity index (χ3v) is 6.20. The lowest BCUT2D eigenvalue weighted by atomic mass is 9.82. The molecule has 6 rings (SSSR count). The number of nitrogens with zero attached hydrogens (tertiary/aromatic N) is 1. The highest BCUT2D eigenvalue weighted by atomic mass is 16.3. The molecular weight excluding hydrogens is 348 g/mol. The quantitative estimate of drug-likeness (QED) is 0.421. The number of fused-ring (bicyclic) bond motifs is 10. The van der Waals surface area contributed by atoms with Crippen LogP contribution in [0.2, 0.25) is 0 Å². The molecule has 3 N–H and O–H groups in total. The normalized spacial score (nSPS) is 13.3. The summed E-state index contributed by atoms with van der Waals surface area (Å²) in [5.74, 6) is 0.216. The van der Waals surface area contributed by atoms with Crippen molar-refractivity contribution >= 4 is 32.6 Å². The molecule has 0 bridgehead atoms. The number of hydrogen-bond acceptors (Lipinski definition) is 2. The monoisotopic (exact) mass is 368 g/mol. The second kappa shape index (κ2) is 5.63. The van der Waals surface area contributed by atoms with Gasteiger partial charge in [-0.1, -0.05) is 42.5 Å². The van der Waals surface area contributed by atoms with Gasteiger partial charge in [-0.25, -0.2) is 0 Å². The Morgan fingerprint density at radius 2 is 1.75 bits per heavy atom. The number of H-pyrrole nitrogens is 1. The number of aromatic amines is 1. The zero-order chi connectivity index (χ0) is 18.8. The van der Waals surface area contributed by atoms with Gasteiger partial charge in [-0.15, -0.1) is 0 Å². The van der Waals surface area contributed by atoms with Crippen molar-refractivity contribution in [2.24, 2.45) is 0 Å². The molecule has 0 saturated heterocycles. The zero-order valence-corrected chi connectivity index (χ0v) is 15.4. The van der Waals surface area contributed by atoms with E-state index >= 15 is 0 Å². The summed E-state index contributed by atoms with van der Waals surface area (Å²) in [7, 11) is 0. The molecule has 3 aromatic carbocycles. The Labute approximate surface area is 161 Å². The molecule has 0 unspecified atom stereocenters. The second-order valence-corrected chi connectivity index (χ2v) is 7.55. The highest BCUT2D eigenvalue weighted by Crippen LogP contribution is 2.48. The summed E-state index contributed by atoms with van der Waals surface area (Å²) in [5, 5.41) is 24.7. The fraction of sp³-hybridized carbons (Fsp3) is 0.167. The number of benzene rings is 3. The maximum Gasteiger partial charge on any atom is 0.197 e. The van der Waals surface area contributed by atoms with Crippen LogP contribution in [0.1, 0.15) is 11.1 Å². The predicted molar refractivity (Wildman–Crippen MR) is 113 cm³/mol. The lowest BCUT2D eigenvalue weighted by Crippen LogP contribution is -2.08. The van der Waals surface area contributed by atoms with Gasteiger partial charge in [0.05, 0.1) is 17.5 Å². The van der Waals surface area contributed by atoms with Gasteiger partial charge in [0, 0.05) is 40.0 Å². The molecule has 1 aliphatic carbocycles. The standard InChI is InChI=1S/C24H20N2O2/c27-12-11-26-19-8-4-3-7-17(19)21-22-18(13-25-24(22)28)16-10-9-14-5-1-2-6-15(14)20(16)23(21)26/h1-8,13,25,27-28H,9-12H2. The number of rotatable bonds is 2. The number of aliphatic hydroxyl groups excluding tert-OH is 1. The van der Waals surface area contributed by atoms with Crippen molar-refractivity contribution in [3.8, 4) is 17.0 Å². The van der Waals surface area contributed by atoms with Crippen molar-refractivity contribution in [1.82, 2.24) is 9.55 Å². The van der Waals surface area contributed by atoms with Crippen LogP contribution in [0.25, 0.3) is 43.7 Å². The molecule has 0 saturated carbocycles. The van der Waals surface area contributed by atoms with Gasteiger partial charge in [-0.2, -0.15) is 0 Å². The summed E-state index contributed by atoms with van der Waals surface area (Å²) in [6, 6.07) is 16.9. The topological polar surface area (TPSA) is 61.2 Å². The molecular formula is C24H20N2O2. The van der Waals surface area contributed by atoms with Crippen LogP contribution >= 0.6 is 0 Å². The molecule has 1 aliphatic rings. The fourth-order valence-corrected chi connectivity index (χ4v) is 5.12. The fourth-order valence-electron chi connectivity index (χ4n) is 5.12. The van der Waals surface area contributed by atoms with Crippen molar-refractivity contribution in [3.63, 3.8) is 0 Å². The van der Waals surface area contributed by atoms with Crippen LogP contribution in [0.3, 0.4) is 0 Å². The first-order chi connectivity index (χ1) is 13.8. The van der Waals surface area contributed by atoms with E-state index in [-0.39, 0.29) is 12.5 Å². The molecule has 0 amide bonds. The Morgan fingerprint density at radius 1 is 0.929 bits per heavy atom. The van der Waals surface area contributed by atoms with E-state index in [2.05, 4.69) is 45.9 Å². The molecule has 28 heavy (non-hydrogen) atoms. The first kappa shape index (κ1) is 15.8. The molecule has 0 aliphatic heterocycles. The molecule has 0 spiro atoms. The third-order valence-electron chi connectivity index (χ3n) is 6.20. The lowest BCUT2D eigenvalue weighted by Gasteiger charge is -2.23. The molecule has 4 nitrogen and oxygen atoms in total. The summed E-state index contributed by atoms with van der Waals surface area (Å²) < 4.78 is 2.22. The van der Waals surface area contributed by atoms with Gasteiger partial charge in [-0.05, 0) is 35.6 Å². The summed E-state index contributed by atoms with van der Waals surface area (Å²) in [6.07, 6.45) is 3.88. The first-order valence-corrected chi connectivity index (χ1v) is 9.74. The molecule has 0 atom stereocenters. The molecule has 138 valence electrons. The van der Waals surface area contributed by atoms with E-state index in [0.29, 0.717) is 6.54 Å². The highest BCUT2D eigenvalue weighted by Gasteiger charge is 2.27. The Bertz CT molecular complexity index is 1390. The van der Waals surface area contributed by atoms with Gasteiger partial charge < -0.3 is 19.8 Å². The molecule has 0 fully saturated rings. The number of aliphatic hydroxyl groups is 1. The van der Waals surface area contributed by atoms with Gasteiger partial charge in [0.2, 0.25) is 0 Å². The van der Waals surface area contributed by atoms with Gasteiger partial charge >= 0.3 is 0 Å². The van der Waals surface area contributed by atoms with Crippen molar-refractivity contribution in [2.75, 3.05) is 6.61 Å². The molecule has 2 heterocycles. The van der Waals surface area contributed by atoms with E-state index in [1.165, 1.54) is 22.3 Å². The predicted octanol–water partition coefficient (Wildman–Crippen LogP) is 4.74. The zero-order valence-electron chi connectivity index (χ0n) is 15.4. The summed E-state index contributed by atoms with van der Waals surface area (Å²) in [5.41, 5.74) is 7.34. The molecule has 0 radical (unpaired) electrons. The SMILES string of the molecule is OCCn1c2ccccc2c2c3c(O)[nH]cc3c3c(c21)-c1ccccc1CC3. The Hall–Kier alpha value is -3.24. The Kier molecular flexibility index (Phi) is 3.17. The van der Waals surface area contributed by atoms with Crippen LogP contribution in [-0.2, 0) is 19.4 Å². The minimum atomic E-state index is 0.0708. The summed E-state index contributed by atoms with van der Waals surface area (Å²) >= 11 is 0. The highest BCUT2D eigenvalue weighted by molar-refractivity contribution is 6.27. The van der Waals surface area contributed by atoms with Crippen molar-refractivity contribution in [3.05, 3.63) is 65.9 Å². The van der Waals surface area contributed by atoms with E-state index in [1.807, 2.05) is 18.3 Å². The minimum absolute atomic E-state index is 0.0708. The first-order valence-electron chi connectivity index (χ1n) is 9.74. The Balaban J connectivity index is 1.95. The van der Waals surface area contributed by atoms with Crippen LogP contribution in [0.15, 0.2) is 54.7 Å². The van der Waals surface area contributed by atoms with E-state index in [4.69, 9.17) is 0 Å². The van der Waals surface area contributed by atoms with Gasteiger partial charge in [0.1, 0.15) is 0 Å². The van der Waals surface area contributed by atoms with E-state index < -0.39 is 0 Å². The van der Waals surface area contributed by atoms with E-state index in [9.17, 15) is 10.2 Å². The minimum Gasteiger partial charge on any atom is -0.494 e. The number of nitrogens with one attached hydrogen (secondary N) is 1. The lowest BCUT2D eigenvalue weighted by molar-refractivity contribution is 0.280. The smallest absolute Gasteiger partial charge is 0.197 e. The van der Waals surface area contributed by atoms with Crippen molar-refractivity contribution < 1.29 is 10.2 Å². The van der Waals surface area contributed by atoms with Gasteiger partial charge in [0.15, 0.2) is 5.88 Å². The van der Waals surface area contributed by atoms with Crippen LogP contribution in [0.4, 0.5) is 0 Å². The number of aromatic hydroxyl groups is 1. The van der Waals surface area contributed by atoms with Crippen LogP contribution < -0.4 is 0 Å². The second-order valence-electron chi connectivity index (χ2n) is 7.55. The summed E-state index contributed by atoms with van der Waals surface area (Å²) in [4.78, 5) is 3.05. The van der Waals surface area contributed by atoms with E-state index in [1.54, 1.807) is 0 Å². The van der Waals surface area contributed by atoms with Gasteiger partial charge in [0.25, 0.3) is 0 Å². The van der Waals surface area contributed by atoms with Crippen molar-refractivity contribution in [2.45, 2.75) is 19.4 Å². The van der Waals surface area contributed by atoms with Crippen molar-refractivity contribution in [1.29, 1.82) is 0 Å². The molecule has 4 heteroatoms. The Morgan fingerprint density at radius 3 is 2.64 bits per heavy atom. The number of hydrogen-bond donors (Lipinski definition) is 3. The number of para-hydroxylation sites is 1. The largest absolute Gasteiger partial charge is 0.494 e. The summed E-state index contributed by atoms with van der Waals surface area (Å²) in [6.45, 7) is 0.594. The number of aromatic nitrogens is 2. The molecule has 2 aromatic heterocycles. The average Bonchev–Trinajstić information content (AvgIpc) is 3.27. The molecule has 5 aromatic rings. The maximum absolute atomic E-state index is 10.7. The average molecular weight is 368 g/mol. The number of aryl methyl sites for hydroxylation is 2. The van der Waals surface area contributed by atoms with Crippen LogP contribution in [-0.4, -0.2) is 26.4 Å². The maximum atomic E-state index is 10.7.